The third-order valence-electron chi connectivity index (χ3n) is 2.35. The Morgan fingerprint density at radius 2 is 1.72 bits per heavy atom. The van der Waals surface area contributed by atoms with Crippen molar-refractivity contribution in [1.82, 2.24) is 0 Å². The molecule has 0 saturated heterocycles. The minimum Gasteiger partial charge on any atom is -0.396 e. The van der Waals surface area contributed by atoms with Crippen LogP contribution in [0.5, 0.6) is 0 Å². The molecule has 0 amide bonds. The van der Waals surface area contributed by atoms with Gasteiger partial charge in [-0.2, -0.15) is 0 Å². The van der Waals surface area contributed by atoms with E-state index in [1.807, 2.05) is 0 Å². The molecular weight excluding hydrogens is 259 g/mol. The van der Waals surface area contributed by atoms with Crippen LogP contribution < -0.4 is 5.73 Å². The van der Waals surface area contributed by atoms with Gasteiger partial charge in [-0.1, -0.05) is 6.07 Å². The Kier molecular flexibility index (Phi) is 3.81. The molecule has 0 heterocycles. The van der Waals surface area contributed by atoms with Gasteiger partial charge in [-0.25, -0.2) is 13.2 Å². The number of nitrogen functional groups attached to an aromatic ring is 1. The van der Waals surface area contributed by atoms with Crippen molar-refractivity contribution in [1.29, 1.82) is 0 Å². The third kappa shape index (κ3) is 2.98. The van der Waals surface area contributed by atoms with E-state index in [0.29, 0.717) is 11.3 Å². The van der Waals surface area contributed by atoms with E-state index in [4.69, 9.17) is 5.73 Å². The largest absolute Gasteiger partial charge is 0.396 e. The summed E-state index contributed by atoms with van der Waals surface area (Å²) in [7, 11) is 0. The summed E-state index contributed by atoms with van der Waals surface area (Å²) in [6.07, 6.45) is 0. The van der Waals surface area contributed by atoms with Gasteiger partial charge in [0.1, 0.15) is 17.5 Å². The first-order valence-electron chi connectivity index (χ1n) is 5.18. The topological polar surface area (TPSA) is 26.0 Å². The van der Waals surface area contributed by atoms with Crippen LogP contribution in [0.4, 0.5) is 18.9 Å². The summed E-state index contributed by atoms with van der Waals surface area (Å²) in [6.45, 7) is 0. The molecule has 0 radical (unpaired) electrons. The summed E-state index contributed by atoms with van der Waals surface area (Å²) in [4.78, 5) is 0.201. The highest BCUT2D eigenvalue weighted by molar-refractivity contribution is 7.98. The Hall–Kier alpha value is -1.62. The Bertz CT molecular complexity index is 572. The lowest BCUT2D eigenvalue weighted by molar-refractivity contribution is 0.577. The second-order valence-electron chi connectivity index (χ2n) is 3.72. The molecule has 0 atom stereocenters. The van der Waals surface area contributed by atoms with E-state index in [1.165, 1.54) is 12.1 Å². The number of nitrogens with two attached hydrogens (primary N) is 1. The predicted octanol–water partition coefficient (Wildman–Crippen LogP) is 3.98. The van der Waals surface area contributed by atoms with Gasteiger partial charge in [0.05, 0.1) is 5.69 Å². The van der Waals surface area contributed by atoms with E-state index >= 15 is 0 Å². The quantitative estimate of drug-likeness (QED) is 0.673. The van der Waals surface area contributed by atoms with E-state index in [1.54, 1.807) is 6.07 Å². The van der Waals surface area contributed by atoms with Gasteiger partial charge in [-0.05, 0) is 35.9 Å². The average Bonchev–Trinajstić information content (AvgIpc) is 2.34. The monoisotopic (exact) mass is 269 g/mol. The van der Waals surface area contributed by atoms with Crippen molar-refractivity contribution < 1.29 is 13.2 Å². The van der Waals surface area contributed by atoms with Crippen molar-refractivity contribution in [3.05, 3.63) is 59.4 Å². The van der Waals surface area contributed by atoms with E-state index in [2.05, 4.69) is 0 Å². The molecule has 0 aliphatic rings. The molecule has 0 aliphatic heterocycles. The summed E-state index contributed by atoms with van der Waals surface area (Å²) in [5, 5.41) is 0. The molecule has 2 aromatic carbocycles. The van der Waals surface area contributed by atoms with Crippen molar-refractivity contribution in [2.24, 2.45) is 0 Å². The summed E-state index contributed by atoms with van der Waals surface area (Å²) in [6, 6.07) is 7.65. The molecule has 2 rings (SSSR count). The Morgan fingerprint density at radius 1 is 0.944 bits per heavy atom. The first kappa shape index (κ1) is 12.8. The van der Waals surface area contributed by atoms with Crippen LogP contribution in [0.2, 0.25) is 0 Å². The predicted molar refractivity (Wildman–Crippen MR) is 66.7 cm³/mol. The van der Waals surface area contributed by atoms with Crippen LogP contribution in [-0.4, -0.2) is 0 Å². The van der Waals surface area contributed by atoms with Crippen LogP contribution in [0.25, 0.3) is 0 Å². The third-order valence-corrected chi connectivity index (χ3v) is 3.45. The van der Waals surface area contributed by atoms with Crippen molar-refractivity contribution in [3.8, 4) is 0 Å². The molecule has 0 aromatic heterocycles. The van der Waals surface area contributed by atoms with Crippen LogP contribution in [0.3, 0.4) is 0 Å². The lowest BCUT2D eigenvalue weighted by Gasteiger charge is -2.05. The SMILES string of the molecule is Nc1ccc(CSc2cc(F)ccc2F)cc1F. The number of benzene rings is 2. The summed E-state index contributed by atoms with van der Waals surface area (Å²) in [5.41, 5.74) is 6.08. The van der Waals surface area contributed by atoms with Gasteiger partial charge in [-0.3, -0.25) is 0 Å². The number of anilines is 1. The Labute approximate surface area is 107 Å². The summed E-state index contributed by atoms with van der Waals surface area (Å²) < 4.78 is 39.4. The van der Waals surface area contributed by atoms with Gasteiger partial charge in [0, 0.05) is 10.6 Å². The van der Waals surface area contributed by atoms with Crippen LogP contribution in [-0.2, 0) is 5.75 Å². The van der Waals surface area contributed by atoms with E-state index in [9.17, 15) is 13.2 Å². The standard InChI is InChI=1S/C13H10F3NS/c14-9-2-3-10(15)13(6-9)18-7-8-1-4-12(17)11(16)5-8/h1-6H,7,17H2. The number of thioether (sulfide) groups is 1. The minimum atomic E-state index is -0.507. The van der Waals surface area contributed by atoms with E-state index < -0.39 is 17.5 Å². The zero-order valence-electron chi connectivity index (χ0n) is 9.29. The smallest absolute Gasteiger partial charge is 0.146 e. The number of rotatable bonds is 3. The average molecular weight is 269 g/mol. The maximum atomic E-state index is 13.3. The van der Waals surface area contributed by atoms with E-state index in [-0.39, 0.29) is 10.6 Å². The highest BCUT2D eigenvalue weighted by Gasteiger charge is 2.06. The molecular formula is C13H10F3NS. The lowest BCUT2D eigenvalue weighted by Crippen LogP contribution is -1.92. The Morgan fingerprint density at radius 3 is 2.44 bits per heavy atom. The van der Waals surface area contributed by atoms with Crippen LogP contribution in [0, 0.1) is 17.5 Å². The Balaban J connectivity index is 2.11. The number of halogens is 3. The van der Waals surface area contributed by atoms with Gasteiger partial charge < -0.3 is 5.73 Å². The highest BCUT2D eigenvalue weighted by Crippen LogP contribution is 2.27. The van der Waals surface area contributed by atoms with Crippen molar-refractivity contribution in [2.75, 3.05) is 5.73 Å². The maximum absolute atomic E-state index is 13.3. The maximum Gasteiger partial charge on any atom is 0.146 e. The molecule has 2 aromatic rings. The van der Waals surface area contributed by atoms with Gasteiger partial charge in [-0.15, -0.1) is 11.8 Å². The van der Waals surface area contributed by atoms with Gasteiger partial charge in [0.25, 0.3) is 0 Å². The molecule has 1 nitrogen and oxygen atoms in total. The molecule has 94 valence electrons. The molecule has 0 spiro atoms. The fourth-order valence-corrected chi connectivity index (χ4v) is 2.31. The molecule has 2 N–H and O–H groups in total. The normalized spacial score (nSPS) is 10.6. The molecule has 0 saturated carbocycles. The summed E-state index contributed by atoms with van der Waals surface area (Å²) >= 11 is 1.11. The van der Waals surface area contributed by atoms with Crippen LogP contribution >= 0.6 is 11.8 Å². The first-order chi connectivity index (χ1) is 8.56. The molecule has 18 heavy (non-hydrogen) atoms. The second kappa shape index (κ2) is 5.35. The van der Waals surface area contributed by atoms with Gasteiger partial charge in [0.15, 0.2) is 0 Å². The van der Waals surface area contributed by atoms with E-state index in [0.717, 1.165) is 30.0 Å². The number of hydrogen-bond donors (Lipinski definition) is 1. The fraction of sp³-hybridized carbons (Fsp3) is 0.0769. The van der Waals surface area contributed by atoms with Crippen molar-refractivity contribution in [2.45, 2.75) is 10.6 Å². The lowest BCUT2D eigenvalue weighted by atomic mass is 10.2. The van der Waals surface area contributed by atoms with Crippen LogP contribution in [0.15, 0.2) is 41.3 Å². The van der Waals surface area contributed by atoms with Gasteiger partial charge >= 0.3 is 0 Å². The second-order valence-corrected chi connectivity index (χ2v) is 4.74. The molecule has 0 fully saturated rings. The molecule has 0 aliphatic carbocycles. The fourth-order valence-electron chi connectivity index (χ4n) is 1.41. The summed E-state index contributed by atoms with van der Waals surface area (Å²) in [5.74, 6) is -1.15. The van der Waals surface area contributed by atoms with Crippen LogP contribution in [0.1, 0.15) is 5.56 Å². The molecule has 0 unspecified atom stereocenters. The zero-order valence-corrected chi connectivity index (χ0v) is 10.1. The minimum absolute atomic E-state index is 0.0701. The number of hydrogen-bond acceptors (Lipinski definition) is 2. The van der Waals surface area contributed by atoms with Gasteiger partial charge in [0.2, 0.25) is 0 Å². The highest BCUT2D eigenvalue weighted by atomic mass is 32.2. The van der Waals surface area contributed by atoms with Crippen molar-refractivity contribution in [3.63, 3.8) is 0 Å². The molecule has 5 heteroatoms. The first-order valence-corrected chi connectivity index (χ1v) is 6.16. The molecule has 0 bridgehead atoms. The zero-order chi connectivity index (χ0) is 13.1. The van der Waals surface area contributed by atoms with Crippen molar-refractivity contribution >= 4 is 17.4 Å².